The second kappa shape index (κ2) is 7.29. The van der Waals surface area contributed by atoms with E-state index in [0.29, 0.717) is 0 Å². The van der Waals surface area contributed by atoms with Gasteiger partial charge in [-0.25, -0.2) is 9.59 Å². The molecule has 0 saturated heterocycles. The number of aliphatic carboxylic acids is 1. The maximum atomic E-state index is 12.0. The van der Waals surface area contributed by atoms with Crippen LogP contribution in [-0.2, 0) is 16.0 Å². The summed E-state index contributed by atoms with van der Waals surface area (Å²) < 4.78 is 5.48. The first-order valence-electron chi connectivity index (χ1n) is 7.75. The van der Waals surface area contributed by atoms with E-state index in [1.807, 2.05) is 37.3 Å². The molecule has 5 nitrogen and oxygen atoms in total. The number of hydrogen-bond acceptors (Lipinski definition) is 3. The first-order valence-corrected chi connectivity index (χ1v) is 7.75. The Kier molecular flexibility index (Phi) is 5.41. The minimum Gasteiger partial charge on any atom is -0.480 e. The molecule has 0 heterocycles. The lowest BCUT2D eigenvalue weighted by Gasteiger charge is -2.33. The SMILES string of the molecule is CC1(OC(=O)N[C@@H](Cc2ccccc2)C(=O)O)CCCCC1. The molecule has 0 spiro atoms. The van der Waals surface area contributed by atoms with E-state index < -0.39 is 23.7 Å². The third-order valence-electron chi connectivity index (χ3n) is 4.12. The van der Waals surface area contributed by atoms with Crippen LogP contribution in [0.2, 0.25) is 0 Å². The highest BCUT2D eigenvalue weighted by Crippen LogP contribution is 2.31. The lowest BCUT2D eigenvalue weighted by molar-refractivity contribution is -0.139. The summed E-state index contributed by atoms with van der Waals surface area (Å²) in [6.07, 6.45) is 4.49. The second-order valence-corrected chi connectivity index (χ2v) is 6.12. The maximum Gasteiger partial charge on any atom is 0.408 e. The van der Waals surface area contributed by atoms with Crippen molar-refractivity contribution in [1.82, 2.24) is 5.32 Å². The van der Waals surface area contributed by atoms with Crippen molar-refractivity contribution < 1.29 is 19.4 Å². The second-order valence-electron chi connectivity index (χ2n) is 6.12. The summed E-state index contributed by atoms with van der Waals surface area (Å²) in [5, 5.41) is 11.8. The molecule has 1 amide bonds. The van der Waals surface area contributed by atoms with Gasteiger partial charge >= 0.3 is 12.1 Å². The number of ether oxygens (including phenoxy) is 1. The Morgan fingerprint density at radius 2 is 1.86 bits per heavy atom. The van der Waals surface area contributed by atoms with Crippen molar-refractivity contribution in [2.45, 2.75) is 57.1 Å². The van der Waals surface area contributed by atoms with Crippen molar-refractivity contribution in [3.63, 3.8) is 0 Å². The van der Waals surface area contributed by atoms with Gasteiger partial charge in [0, 0.05) is 6.42 Å². The van der Waals surface area contributed by atoms with Gasteiger partial charge in [-0.15, -0.1) is 0 Å². The molecule has 2 rings (SSSR count). The number of alkyl carbamates (subject to hydrolysis) is 1. The van der Waals surface area contributed by atoms with E-state index in [1.54, 1.807) is 0 Å². The standard InChI is InChI=1S/C17H23NO4/c1-17(10-6-3-7-11-17)22-16(21)18-14(15(19)20)12-13-8-4-2-5-9-13/h2,4-5,8-9,14H,3,6-7,10-12H2,1H3,(H,18,21)(H,19,20)/t14-/m0/s1. The van der Waals surface area contributed by atoms with Crippen LogP contribution in [-0.4, -0.2) is 28.8 Å². The van der Waals surface area contributed by atoms with Crippen molar-refractivity contribution in [2.75, 3.05) is 0 Å². The monoisotopic (exact) mass is 305 g/mol. The fraction of sp³-hybridized carbons (Fsp3) is 0.529. The Morgan fingerprint density at radius 3 is 2.45 bits per heavy atom. The van der Waals surface area contributed by atoms with E-state index in [9.17, 15) is 14.7 Å². The Labute approximate surface area is 130 Å². The smallest absolute Gasteiger partial charge is 0.408 e. The molecule has 1 aliphatic carbocycles. The van der Waals surface area contributed by atoms with Gasteiger partial charge in [-0.3, -0.25) is 0 Å². The lowest BCUT2D eigenvalue weighted by atomic mass is 9.86. The van der Waals surface area contributed by atoms with Gasteiger partial charge < -0.3 is 15.2 Å². The predicted octanol–water partition coefficient (Wildman–Crippen LogP) is 3.13. The molecular formula is C17H23NO4. The Morgan fingerprint density at radius 1 is 1.23 bits per heavy atom. The van der Waals surface area contributed by atoms with Crippen LogP contribution in [0.1, 0.15) is 44.6 Å². The van der Waals surface area contributed by atoms with Gasteiger partial charge in [0.05, 0.1) is 0 Å². The summed E-state index contributed by atoms with van der Waals surface area (Å²) in [6.45, 7) is 1.92. The summed E-state index contributed by atoms with van der Waals surface area (Å²) in [5.74, 6) is -1.06. The molecule has 120 valence electrons. The minimum atomic E-state index is -1.06. The van der Waals surface area contributed by atoms with Gasteiger partial charge in [-0.2, -0.15) is 0 Å². The fourth-order valence-electron chi connectivity index (χ4n) is 2.85. The van der Waals surface area contributed by atoms with E-state index in [1.165, 1.54) is 0 Å². The number of carboxylic acids is 1. The van der Waals surface area contributed by atoms with Gasteiger partial charge in [-0.1, -0.05) is 36.8 Å². The lowest BCUT2D eigenvalue weighted by Crippen LogP contribution is -2.46. The largest absolute Gasteiger partial charge is 0.480 e. The van der Waals surface area contributed by atoms with E-state index in [-0.39, 0.29) is 6.42 Å². The topological polar surface area (TPSA) is 75.6 Å². The van der Waals surface area contributed by atoms with Crippen molar-refractivity contribution in [3.05, 3.63) is 35.9 Å². The first kappa shape index (κ1) is 16.3. The van der Waals surface area contributed by atoms with Crippen LogP contribution in [0, 0.1) is 0 Å². The van der Waals surface area contributed by atoms with E-state index in [4.69, 9.17) is 4.74 Å². The molecule has 22 heavy (non-hydrogen) atoms. The summed E-state index contributed by atoms with van der Waals surface area (Å²) >= 11 is 0. The van der Waals surface area contributed by atoms with E-state index in [0.717, 1.165) is 37.7 Å². The number of carboxylic acid groups (broad SMARTS) is 1. The molecule has 2 N–H and O–H groups in total. The number of benzene rings is 1. The Hall–Kier alpha value is -2.04. The third kappa shape index (κ3) is 4.76. The molecule has 1 aromatic carbocycles. The normalized spacial score (nSPS) is 18.2. The van der Waals surface area contributed by atoms with Crippen LogP contribution < -0.4 is 5.32 Å². The molecule has 5 heteroatoms. The van der Waals surface area contributed by atoms with Crippen LogP contribution in [0.3, 0.4) is 0 Å². The zero-order valence-corrected chi connectivity index (χ0v) is 12.9. The fourth-order valence-corrected chi connectivity index (χ4v) is 2.85. The predicted molar refractivity (Wildman–Crippen MR) is 82.7 cm³/mol. The van der Waals surface area contributed by atoms with Gasteiger partial charge in [0.25, 0.3) is 0 Å². The summed E-state index contributed by atoms with van der Waals surface area (Å²) in [7, 11) is 0. The molecule has 0 unspecified atom stereocenters. The third-order valence-corrected chi connectivity index (χ3v) is 4.12. The average Bonchev–Trinajstić information content (AvgIpc) is 2.47. The summed E-state index contributed by atoms with van der Waals surface area (Å²) in [6, 6.07) is 8.24. The molecule has 1 saturated carbocycles. The minimum absolute atomic E-state index is 0.238. The zero-order valence-electron chi connectivity index (χ0n) is 12.9. The van der Waals surface area contributed by atoms with Crippen LogP contribution in [0.4, 0.5) is 4.79 Å². The number of hydrogen-bond donors (Lipinski definition) is 2. The molecular weight excluding hydrogens is 282 g/mol. The highest BCUT2D eigenvalue weighted by Gasteiger charge is 2.32. The number of carbonyl (C=O) groups excluding carboxylic acids is 1. The van der Waals surface area contributed by atoms with Crippen molar-refractivity contribution in [1.29, 1.82) is 0 Å². The molecule has 1 aliphatic rings. The quantitative estimate of drug-likeness (QED) is 0.876. The molecule has 1 aromatic rings. The summed E-state index contributed by atoms with van der Waals surface area (Å²) in [5.41, 5.74) is 0.386. The number of amides is 1. The number of carbonyl (C=O) groups is 2. The highest BCUT2D eigenvalue weighted by molar-refractivity contribution is 5.80. The molecule has 1 atom stereocenters. The van der Waals surface area contributed by atoms with E-state index >= 15 is 0 Å². The van der Waals surface area contributed by atoms with Gasteiger partial charge in [0.1, 0.15) is 11.6 Å². The maximum absolute atomic E-state index is 12.0. The molecule has 1 fully saturated rings. The molecule has 0 bridgehead atoms. The number of rotatable bonds is 5. The van der Waals surface area contributed by atoms with Crippen molar-refractivity contribution in [3.8, 4) is 0 Å². The van der Waals surface area contributed by atoms with Crippen molar-refractivity contribution >= 4 is 12.1 Å². The molecule has 0 radical (unpaired) electrons. The van der Waals surface area contributed by atoms with Gasteiger partial charge in [0.2, 0.25) is 0 Å². The highest BCUT2D eigenvalue weighted by atomic mass is 16.6. The first-order chi connectivity index (χ1) is 10.5. The van der Waals surface area contributed by atoms with Gasteiger partial charge in [-0.05, 0) is 38.2 Å². The van der Waals surface area contributed by atoms with Crippen molar-refractivity contribution in [2.24, 2.45) is 0 Å². The van der Waals surface area contributed by atoms with Crippen LogP contribution in [0.5, 0.6) is 0 Å². The van der Waals surface area contributed by atoms with Crippen LogP contribution in [0.25, 0.3) is 0 Å². The average molecular weight is 305 g/mol. The van der Waals surface area contributed by atoms with Crippen LogP contribution in [0.15, 0.2) is 30.3 Å². The molecule has 0 aromatic heterocycles. The number of nitrogens with one attached hydrogen (secondary N) is 1. The Bertz CT molecular complexity index is 509. The van der Waals surface area contributed by atoms with E-state index in [2.05, 4.69) is 5.32 Å². The summed E-state index contributed by atoms with van der Waals surface area (Å²) in [4.78, 5) is 23.4. The molecule has 0 aliphatic heterocycles. The zero-order chi connectivity index (χ0) is 16.0. The van der Waals surface area contributed by atoms with Crippen LogP contribution >= 0.6 is 0 Å². The van der Waals surface area contributed by atoms with Gasteiger partial charge in [0.15, 0.2) is 0 Å². The Balaban J connectivity index is 1.92.